The van der Waals surface area contributed by atoms with Crippen LogP contribution in [0, 0.1) is 0 Å². The summed E-state index contributed by atoms with van der Waals surface area (Å²) >= 11 is 3.24. The molecule has 1 saturated heterocycles. The number of sulfonamides is 1. The smallest absolute Gasteiger partial charge is 0.246 e. The first-order valence-corrected chi connectivity index (χ1v) is 8.66. The van der Waals surface area contributed by atoms with Crippen LogP contribution in [0.5, 0.6) is 0 Å². The molecule has 2 rings (SSSR count). The molecule has 1 aromatic rings. The second-order valence-corrected chi connectivity index (χ2v) is 7.53. The van der Waals surface area contributed by atoms with Gasteiger partial charge < -0.3 is 5.73 Å². The molecule has 2 heterocycles. The summed E-state index contributed by atoms with van der Waals surface area (Å²) in [6.45, 7) is 1.13. The van der Waals surface area contributed by atoms with Crippen molar-refractivity contribution in [2.75, 3.05) is 18.8 Å². The molecule has 1 aliphatic rings. The number of nitrogen functional groups attached to an aromatic ring is 1. The number of rotatable bonds is 2. The Bertz CT molecular complexity index is 540. The average Bonchev–Trinajstić information content (AvgIpc) is 2.31. The molecule has 2 N–H and O–H groups in total. The molecular weight excluding hydrogens is 330 g/mol. The van der Waals surface area contributed by atoms with E-state index < -0.39 is 10.0 Å². The van der Waals surface area contributed by atoms with Crippen molar-refractivity contribution in [1.29, 1.82) is 0 Å². The van der Waals surface area contributed by atoms with Gasteiger partial charge in [0.25, 0.3) is 0 Å². The lowest BCUT2D eigenvalue weighted by Gasteiger charge is -2.24. The number of nitrogens with two attached hydrogens (primary N) is 1. The van der Waals surface area contributed by atoms with E-state index in [1.54, 1.807) is 0 Å². The number of hydrogen-bond donors (Lipinski definition) is 1. The van der Waals surface area contributed by atoms with Crippen LogP contribution in [0.4, 0.5) is 5.82 Å². The van der Waals surface area contributed by atoms with Crippen molar-refractivity contribution in [2.45, 2.75) is 37.0 Å². The average molecular weight is 348 g/mol. The highest BCUT2D eigenvalue weighted by Gasteiger charge is 2.27. The summed E-state index contributed by atoms with van der Waals surface area (Å²) < 4.78 is 27.4. The van der Waals surface area contributed by atoms with Crippen molar-refractivity contribution >= 4 is 31.8 Å². The predicted octanol–water partition coefficient (Wildman–Crippen LogP) is 2.38. The van der Waals surface area contributed by atoms with Crippen LogP contribution in [0.3, 0.4) is 0 Å². The third-order valence-electron chi connectivity index (χ3n) is 3.28. The van der Waals surface area contributed by atoms with E-state index in [2.05, 4.69) is 20.9 Å². The molecule has 7 heteroatoms. The fourth-order valence-electron chi connectivity index (χ4n) is 2.24. The minimum absolute atomic E-state index is 0.0604. The Balaban J connectivity index is 2.31. The molecule has 0 amide bonds. The van der Waals surface area contributed by atoms with Crippen LogP contribution < -0.4 is 5.73 Å². The summed E-state index contributed by atoms with van der Waals surface area (Å²) in [6, 6.07) is 1.52. The van der Waals surface area contributed by atoms with Gasteiger partial charge in [0.2, 0.25) is 10.0 Å². The normalized spacial score (nSPS) is 18.8. The zero-order valence-corrected chi connectivity index (χ0v) is 13.1. The largest absolute Gasteiger partial charge is 0.383 e. The Morgan fingerprint density at radius 1 is 1.16 bits per heavy atom. The molecule has 1 aliphatic heterocycles. The maximum absolute atomic E-state index is 12.6. The van der Waals surface area contributed by atoms with Crippen LogP contribution in [-0.4, -0.2) is 30.8 Å². The summed E-state index contributed by atoms with van der Waals surface area (Å²) in [4.78, 5) is 4.01. The molecular formula is C12H18BrN3O2S. The van der Waals surface area contributed by atoms with Crippen LogP contribution >= 0.6 is 15.9 Å². The van der Waals surface area contributed by atoms with Gasteiger partial charge in [0.1, 0.15) is 10.7 Å². The summed E-state index contributed by atoms with van der Waals surface area (Å²) in [5.74, 6) is 0.0604. The lowest BCUT2D eigenvalue weighted by molar-refractivity contribution is 0.364. The molecule has 0 aromatic carbocycles. The Morgan fingerprint density at radius 2 is 1.74 bits per heavy atom. The molecule has 1 aromatic heterocycles. The van der Waals surface area contributed by atoms with Gasteiger partial charge in [-0.25, -0.2) is 13.4 Å². The molecule has 0 radical (unpaired) electrons. The summed E-state index contributed by atoms with van der Waals surface area (Å²) in [7, 11) is -3.54. The number of anilines is 1. The van der Waals surface area contributed by atoms with Gasteiger partial charge in [0.05, 0.1) is 0 Å². The Hall–Kier alpha value is -0.660. The molecule has 5 nitrogen and oxygen atoms in total. The Labute approximate surface area is 122 Å². The highest BCUT2D eigenvalue weighted by atomic mass is 79.9. The van der Waals surface area contributed by atoms with Crippen molar-refractivity contribution in [3.8, 4) is 0 Å². The minimum Gasteiger partial charge on any atom is -0.383 e. The van der Waals surface area contributed by atoms with Gasteiger partial charge in [0.15, 0.2) is 0 Å². The second-order valence-electron chi connectivity index (χ2n) is 4.71. The maximum atomic E-state index is 12.6. The van der Waals surface area contributed by atoms with Crippen LogP contribution in [0.25, 0.3) is 0 Å². The van der Waals surface area contributed by atoms with Gasteiger partial charge in [-0.2, -0.15) is 4.31 Å². The number of hydrogen-bond acceptors (Lipinski definition) is 4. The Kier molecular flexibility index (Phi) is 4.81. The van der Waals surface area contributed by atoms with E-state index in [-0.39, 0.29) is 10.7 Å². The van der Waals surface area contributed by atoms with E-state index >= 15 is 0 Å². The third-order valence-corrected chi connectivity index (χ3v) is 5.64. The lowest BCUT2D eigenvalue weighted by Crippen LogP contribution is -2.34. The number of halogens is 1. The minimum atomic E-state index is -3.54. The van der Waals surface area contributed by atoms with E-state index in [0.29, 0.717) is 17.6 Å². The number of aromatic nitrogens is 1. The zero-order chi connectivity index (χ0) is 13.9. The SMILES string of the molecule is Nc1ncc(Br)cc1S(=O)(=O)N1CCCCCCC1. The van der Waals surface area contributed by atoms with Crippen molar-refractivity contribution in [3.63, 3.8) is 0 Å². The van der Waals surface area contributed by atoms with Crippen molar-refractivity contribution in [1.82, 2.24) is 9.29 Å². The number of nitrogens with zero attached hydrogens (tertiary/aromatic N) is 2. The van der Waals surface area contributed by atoms with Gasteiger partial charge >= 0.3 is 0 Å². The fraction of sp³-hybridized carbons (Fsp3) is 0.583. The van der Waals surface area contributed by atoms with E-state index in [4.69, 9.17) is 5.73 Å². The van der Waals surface area contributed by atoms with E-state index in [1.807, 2.05) is 0 Å². The van der Waals surface area contributed by atoms with Crippen molar-refractivity contribution in [2.24, 2.45) is 0 Å². The summed E-state index contributed by atoms with van der Waals surface area (Å²) in [5, 5.41) is 0. The Morgan fingerprint density at radius 3 is 2.37 bits per heavy atom. The lowest BCUT2D eigenvalue weighted by atomic mass is 10.1. The first-order valence-electron chi connectivity index (χ1n) is 6.43. The molecule has 0 atom stereocenters. The van der Waals surface area contributed by atoms with Crippen LogP contribution in [0.15, 0.2) is 21.6 Å². The van der Waals surface area contributed by atoms with Crippen LogP contribution in [0.2, 0.25) is 0 Å². The monoisotopic (exact) mass is 347 g/mol. The molecule has 0 saturated carbocycles. The molecule has 0 aliphatic carbocycles. The quantitative estimate of drug-likeness (QED) is 0.890. The molecule has 0 unspecified atom stereocenters. The van der Waals surface area contributed by atoms with Gasteiger partial charge in [-0.05, 0) is 34.8 Å². The van der Waals surface area contributed by atoms with Gasteiger partial charge in [-0.1, -0.05) is 19.3 Å². The standard InChI is InChI=1S/C12H18BrN3O2S/c13-10-8-11(12(14)15-9-10)19(17,18)16-6-4-2-1-3-5-7-16/h8-9H,1-7H2,(H2,14,15). The van der Waals surface area contributed by atoms with Crippen molar-refractivity contribution in [3.05, 3.63) is 16.7 Å². The van der Waals surface area contributed by atoms with E-state index in [9.17, 15) is 8.42 Å². The summed E-state index contributed by atoms with van der Waals surface area (Å²) in [6.07, 6.45) is 6.66. The summed E-state index contributed by atoms with van der Waals surface area (Å²) in [5.41, 5.74) is 5.71. The van der Waals surface area contributed by atoms with Crippen LogP contribution in [-0.2, 0) is 10.0 Å². The number of pyridine rings is 1. The first kappa shape index (κ1) is 14.7. The fourth-order valence-corrected chi connectivity index (χ4v) is 4.33. The zero-order valence-electron chi connectivity index (χ0n) is 10.7. The third kappa shape index (κ3) is 3.46. The highest BCUT2D eigenvalue weighted by molar-refractivity contribution is 9.10. The van der Waals surface area contributed by atoms with Crippen molar-refractivity contribution < 1.29 is 8.42 Å². The maximum Gasteiger partial charge on any atom is 0.246 e. The molecule has 106 valence electrons. The van der Waals surface area contributed by atoms with Gasteiger partial charge in [0, 0.05) is 23.8 Å². The predicted molar refractivity (Wildman–Crippen MR) is 78.2 cm³/mol. The topological polar surface area (TPSA) is 76.3 Å². The second kappa shape index (κ2) is 6.19. The first-order chi connectivity index (χ1) is 9.01. The molecule has 19 heavy (non-hydrogen) atoms. The molecule has 0 bridgehead atoms. The van der Waals surface area contributed by atoms with Gasteiger partial charge in [-0.15, -0.1) is 0 Å². The van der Waals surface area contributed by atoms with E-state index in [1.165, 1.54) is 23.0 Å². The molecule has 0 spiro atoms. The highest BCUT2D eigenvalue weighted by Crippen LogP contribution is 2.25. The van der Waals surface area contributed by atoms with E-state index in [0.717, 1.165) is 25.7 Å². The molecule has 1 fully saturated rings. The van der Waals surface area contributed by atoms with Crippen LogP contribution in [0.1, 0.15) is 32.1 Å². The van der Waals surface area contributed by atoms with Gasteiger partial charge in [-0.3, -0.25) is 0 Å².